The van der Waals surface area contributed by atoms with Gasteiger partial charge < -0.3 is 40.9 Å². The minimum atomic E-state index is -3.44. The van der Waals surface area contributed by atoms with Crippen LogP contribution in [-0.2, 0) is 10.5 Å². The maximum Gasteiger partial charge on any atom is 0.418 e. The Bertz CT molecular complexity index is 4760. The molecule has 8 N–H and O–H groups in total. The van der Waals surface area contributed by atoms with Crippen LogP contribution in [0.2, 0.25) is 0 Å². The van der Waals surface area contributed by atoms with Gasteiger partial charge in [-0.15, -0.1) is 0 Å². The number of nitrogens with zero attached hydrogens (tertiary/aromatic N) is 8. The molecule has 13 rings (SSSR count). The molecule has 8 bridgehead atoms. The fourth-order valence-electron chi connectivity index (χ4n) is 11.3. The second kappa shape index (κ2) is 16.5. The van der Waals surface area contributed by atoms with Crippen LogP contribution in [0.25, 0.3) is 43.1 Å². The lowest BCUT2D eigenvalue weighted by atomic mass is 9.84. The Morgan fingerprint density at radius 3 is 1.19 bits per heavy atom. The van der Waals surface area contributed by atoms with Crippen LogP contribution in [-0.4, -0.2) is 134 Å². The highest BCUT2D eigenvalue weighted by atomic mass is 16.4. The van der Waals surface area contributed by atoms with Crippen molar-refractivity contribution in [2.24, 2.45) is 34.9 Å². The Balaban J connectivity index is 1.30. The zero-order valence-corrected chi connectivity index (χ0v) is 39.8. The fourth-order valence-corrected chi connectivity index (χ4v) is 11.3. The number of benzene rings is 8. The number of aliphatic carboxylic acids is 1. The van der Waals surface area contributed by atoms with Gasteiger partial charge in [-0.2, -0.15) is 0 Å². The molecule has 0 saturated heterocycles. The van der Waals surface area contributed by atoms with E-state index in [2.05, 4.69) is 30.0 Å². The Morgan fingerprint density at radius 2 is 0.700 bits per heavy atom. The first-order valence-electron chi connectivity index (χ1n) is 23.4. The van der Waals surface area contributed by atoms with Crippen molar-refractivity contribution < 1.29 is 79.2 Å². The van der Waals surface area contributed by atoms with Gasteiger partial charge >= 0.3 is 47.9 Å². The number of hydrogen-bond acceptors (Lipinski definition) is 15. The first kappa shape index (κ1) is 47.7. The third-order valence-corrected chi connectivity index (χ3v) is 14.3. The fraction of sp³-hybridized carbons (Fsp3) is 0.0179. The van der Waals surface area contributed by atoms with Gasteiger partial charge in [0.1, 0.15) is 0 Å². The van der Waals surface area contributed by atoms with Gasteiger partial charge in [0.2, 0.25) is 0 Å². The van der Waals surface area contributed by atoms with Gasteiger partial charge in [-0.05, 0) is 55.2 Å². The molecule has 24 nitrogen and oxygen atoms in total. The molecular weight excluding hydrogens is 1040 g/mol. The van der Waals surface area contributed by atoms with Crippen LogP contribution in [0.3, 0.4) is 0 Å². The average molecular weight is 1070 g/mol. The summed E-state index contributed by atoms with van der Waals surface area (Å²) in [4.78, 5) is 144. The summed E-state index contributed by atoms with van der Waals surface area (Å²) in [6.45, 7) is 0. The molecule has 0 aromatic heterocycles. The minimum Gasteiger partial charge on any atom is -0.478 e. The maximum atomic E-state index is 14.6. The molecule has 5 heterocycles. The van der Waals surface area contributed by atoms with Gasteiger partial charge in [-0.3, -0.25) is 0 Å². The second-order valence-electron chi connectivity index (χ2n) is 18.4. The number of aromatic carboxylic acids is 6. The summed E-state index contributed by atoms with van der Waals surface area (Å²) in [5.74, 6) is -18.2. The highest BCUT2D eigenvalue weighted by Crippen LogP contribution is 2.48. The van der Waals surface area contributed by atoms with Crippen molar-refractivity contribution in [2.45, 2.75) is 5.66 Å². The van der Waals surface area contributed by atoms with E-state index < -0.39 is 161 Å². The molecule has 0 aliphatic carbocycles. The molecule has 0 saturated carbocycles. The molecule has 386 valence electrons. The topological polar surface area (TPSA) is 388 Å². The number of carbonyl (C=O) groups is 8. The lowest BCUT2D eigenvalue weighted by Gasteiger charge is -2.23. The number of amidine groups is 7. The maximum absolute atomic E-state index is 14.6. The molecule has 0 fully saturated rings. The van der Waals surface area contributed by atoms with Gasteiger partial charge in [0, 0.05) is 44.5 Å². The first-order chi connectivity index (χ1) is 38.3. The Hall–Kier alpha value is -12.0. The van der Waals surface area contributed by atoms with Gasteiger partial charge in [0.05, 0.1) is 33.4 Å². The van der Waals surface area contributed by atoms with Gasteiger partial charge in [-0.1, -0.05) is 97.1 Å². The molecule has 1 atom stereocenters. The summed E-state index contributed by atoms with van der Waals surface area (Å²) < 4.78 is 0. The van der Waals surface area contributed by atoms with E-state index in [9.17, 15) is 79.2 Å². The van der Waals surface area contributed by atoms with Crippen molar-refractivity contribution in [1.29, 1.82) is 0 Å². The lowest BCUT2D eigenvalue weighted by molar-refractivity contribution is -0.143. The summed E-state index contributed by atoms with van der Waals surface area (Å²) in [7, 11) is 0. The third kappa shape index (κ3) is 6.33. The zero-order chi connectivity index (χ0) is 56.1. The number of carboxylic acids is 7. The summed E-state index contributed by atoms with van der Waals surface area (Å²) >= 11 is 0. The summed E-state index contributed by atoms with van der Waals surface area (Å²) in [6.07, 6.45) is -2.04. The van der Waals surface area contributed by atoms with Crippen molar-refractivity contribution in [3.8, 4) is 0 Å². The Labute approximate surface area is 442 Å². The number of fused-ring (bicyclic) bond motifs is 20. The van der Waals surface area contributed by atoms with Crippen LogP contribution >= 0.6 is 0 Å². The van der Waals surface area contributed by atoms with Gasteiger partial charge in [-0.25, -0.2) is 78.2 Å². The predicted molar refractivity (Wildman–Crippen MR) is 282 cm³/mol. The van der Waals surface area contributed by atoms with Crippen molar-refractivity contribution in [2.75, 3.05) is 0 Å². The molecule has 5 aliphatic rings. The van der Waals surface area contributed by atoms with E-state index in [1.165, 1.54) is 97.1 Å². The van der Waals surface area contributed by atoms with Crippen molar-refractivity contribution in [1.82, 2.24) is 4.90 Å². The first-order valence-corrected chi connectivity index (χ1v) is 23.4. The second-order valence-corrected chi connectivity index (χ2v) is 18.4. The van der Waals surface area contributed by atoms with Crippen LogP contribution < -0.4 is 0 Å². The lowest BCUT2D eigenvalue weighted by Crippen LogP contribution is -2.42. The highest BCUT2D eigenvalue weighted by Gasteiger charge is 2.54. The number of aliphatic imine (C=N–C) groups is 7. The number of rotatable bonds is 7. The molecule has 0 radical (unpaired) electrons. The van der Waals surface area contributed by atoms with E-state index in [0.29, 0.717) is 0 Å². The molecule has 1 unspecified atom stereocenters. The molecule has 8 aromatic rings. The summed E-state index contributed by atoms with van der Waals surface area (Å²) in [6, 6.07) is 25.1. The standard InChI is InChI=1S/C56H26N8O16/c65-48(66)31-21-11-3-1-9-19(21)17-27-29(31)44-58-41(27)57-42-28-18-20-10-2-4-12-22(20)32(49(67)68)30(28)46(60-42)64(55(79)80)47-38-34(51(71)72)24-14-6-5-13-23(24)33(50(69)70)37(38)43(61-47)59-45-39-35(52(73)74)25-15-7-8-16-26(25)36(53(75)76)40(39)56(62-44,63-45)54(77)78/h1-18H,(H,65,66)(H,67,68)(H,69,70)(H,71,72)(H,73,74)(H,75,76)(H,77,78)(H,79,80). The van der Waals surface area contributed by atoms with Gasteiger partial charge in [0.25, 0.3) is 5.66 Å². The van der Waals surface area contributed by atoms with Crippen molar-refractivity contribution in [3.63, 3.8) is 0 Å². The summed E-state index contributed by atoms with van der Waals surface area (Å²) in [5.41, 5.74) is -12.5. The average Bonchev–Trinajstić information content (AvgIpc) is 4.35. The van der Waals surface area contributed by atoms with Gasteiger partial charge in [0.15, 0.2) is 40.8 Å². The number of carboxylic acid groups (broad SMARTS) is 8. The molecular formula is C56H26N8O16. The molecule has 8 aromatic carbocycles. The SMILES string of the molecule is O=C(O)c1c2c(cc3ccccc13)C1=NC2=NC2(C(=O)O)N=C(N=C3N=C(c4c3c(C(=O)O)c3ccccc3c4C(=O)O)N(C(=O)O)C3=NC(=N1)c1cc4ccccc4c(C(=O)O)c13)c1c2c(C(=O)O)c2ccccc2c1C(=O)O. The monoisotopic (exact) mass is 1070 g/mol. The number of amides is 1. The molecule has 1 amide bonds. The third-order valence-electron chi connectivity index (χ3n) is 14.3. The van der Waals surface area contributed by atoms with Crippen molar-refractivity contribution >= 4 is 132 Å². The highest BCUT2D eigenvalue weighted by molar-refractivity contribution is 6.42. The number of hydrogen-bond donors (Lipinski definition) is 8. The van der Waals surface area contributed by atoms with E-state index in [0.717, 1.165) is 0 Å². The van der Waals surface area contributed by atoms with E-state index in [1.54, 1.807) is 12.1 Å². The quantitative estimate of drug-likeness (QED) is 0.0788. The van der Waals surface area contributed by atoms with Crippen LogP contribution in [0.5, 0.6) is 0 Å². The largest absolute Gasteiger partial charge is 0.478 e. The minimum absolute atomic E-state index is 0.0371. The van der Waals surface area contributed by atoms with Crippen LogP contribution in [0.1, 0.15) is 107 Å². The molecule has 80 heavy (non-hydrogen) atoms. The molecule has 5 aliphatic heterocycles. The Kier molecular flexibility index (Phi) is 9.86. The Morgan fingerprint density at radius 1 is 0.350 bits per heavy atom. The zero-order valence-electron chi connectivity index (χ0n) is 39.8. The van der Waals surface area contributed by atoms with Crippen LogP contribution in [0.4, 0.5) is 4.79 Å². The summed E-state index contributed by atoms with van der Waals surface area (Å²) in [5, 5.41) is 89.6. The van der Waals surface area contributed by atoms with E-state index in [4.69, 9.17) is 4.99 Å². The van der Waals surface area contributed by atoms with E-state index >= 15 is 0 Å². The van der Waals surface area contributed by atoms with Crippen molar-refractivity contribution in [3.05, 3.63) is 187 Å². The normalized spacial score (nSPS) is 16.4. The smallest absolute Gasteiger partial charge is 0.418 e. The van der Waals surface area contributed by atoms with Crippen LogP contribution in [0.15, 0.2) is 144 Å². The van der Waals surface area contributed by atoms with E-state index in [-0.39, 0.29) is 59.1 Å². The predicted octanol–water partition coefficient (Wildman–Crippen LogP) is 7.10. The van der Waals surface area contributed by atoms with E-state index in [1.807, 2.05) is 0 Å². The van der Waals surface area contributed by atoms with Crippen LogP contribution in [0, 0.1) is 0 Å². The molecule has 24 heteroatoms. The molecule has 0 spiro atoms.